The molecule has 1 aromatic carbocycles. The van der Waals surface area contributed by atoms with E-state index in [1.165, 1.54) is 12.1 Å². The zero-order chi connectivity index (χ0) is 14.3. The van der Waals surface area contributed by atoms with Gasteiger partial charge in [0.15, 0.2) is 5.82 Å². The van der Waals surface area contributed by atoms with Crippen LogP contribution >= 0.6 is 0 Å². The number of halogens is 1. The molecule has 7 heteroatoms. The first kappa shape index (κ1) is 14.9. The van der Waals surface area contributed by atoms with Crippen LogP contribution in [0.5, 0.6) is 0 Å². The first-order valence-electron chi connectivity index (χ1n) is 5.99. The normalized spacial score (nSPS) is 10.0. The van der Waals surface area contributed by atoms with Crippen molar-refractivity contribution < 1.29 is 14.1 Å². The van der Waals surface area contributed by atoms with Crippen LogP contribution in [0.4, 0.5) is 15.8 Å². The van der Waals surface area contributed by atoms with Crippen molar-refractivity contribution in [1.29, 1.82) is 0 Å². The van der Waals surface area contributed by atoms with Crippen LogP contribution in [0.2, 0.25) is 0 Å². The Morgan fingerprint density at radius 3 is 2.74 bits per heavy atom. The topological polar surface area (TPSA) is 84.3 Å². The summed E-state index contributed by atoms with van der Waals surface area (Å²) < 4.78 is 13.5. The Morgan fingerprint density at radius 2 is 2.16 bits per heavy atom. The smallest absolute Gasteiger partial charge is 0.272 e. The van der Waals surface area contributed by atoms with Crippen molar-refractivity contribution in [3.63, 3.8) is 0 Å². The predicted octanol–water partition coefficient (Wildman–Crippen LogP) is 2.06. The van der Waals surface area contributed by atoms with Gasteiger partial charge in [-0.3, -0.25) is 14.9 Å². The Kier molecular flexibility index (Phi) is 5.72. The number of rotatable bonds is 7. The number of amides is 1. The van der Waals surface area contributed by atoms with Crippen molar-refractivity contribution in [2.24, 2.45) is 0 Å². The second-order valence-electron chi connectivity index (χ2n) is 3.95. The van der Waals surface area contributed by atoms with Gasteiger partial charge in [0.2, 0.25) is 5.91 Å². The summed E-state index contributed by atoms with van der Waals surface area (Å²) in [4.78, 5) is 21.1. The van der Waals surface area contributed by atoms with E-state index in [1.54, 1.807) is 0 Å². The van der Waals surface area contributed by atoms with Gasteiger partial charge in [-0.1, -0.05) is 6.92 Å². The number of nitrogens with one attached hydrogen (secondary N) is 2. The molecule has 0 atom stereocenters. The van der Waals surface area contributed by atoms with E-state index in [0.717, 1.165) is 12.5 Å². The average Bonchev–Trinajstić information content (AvgIpc) is 2.38. The molecule has 0 unspecified atom stereocenters. The van der Waals surface area contributed by atoms with Crippen molar-refractivity contribution in [3.05, 3.63) is 34.1 Å². The number of hydrogen-bond acceptors (Lipinski definition) is 4. The average molecular weight is 269 g/mol. The number of carbonyl (C=O) groups excluding carboxylic acids is 1. The van der Waals surface area contributed by atoms with E-state index in [1.807, 2.05) is 6.92 Å². The third-order valence-corrected chi connectivity index (χ3v) is 2.40. The Labute approximate surface area is 110 Å². The Balaban J connectivity index is 2.45. The Morgan fingerprint density at radius 1 is 1.42 bits per heavy atom. The summed E-state index contributed by atoms with van der Waals surface area (Å²) in [6, 6.07) is 3.35. The molecule has 0 radical (unpaired) electrons. The molecule has 6 nitrogen and oxygen atoms in total. The first-order chi connectivity index (χ1) is 9.04. The van der Waals surface area contributed by atoms with E-state index in [9.17, 15) is 19.3 Å². The fourth-order valence-corrected chi connectivity index (χ4v) is 1.42. The van der Waals surface area contributed by atoms with E-state index in [4.69, 9.17) is 0 Å². The molecule has 1 aromatic rings. The second kappa shape index (κ2) is 7.30. The molecule has 104 valence electrons. The first-order valence-corrected chi connectivity index (χ1v) is 5.99. The molecule has 0 bridgehead atoms. The van der Waals surface area contributed by atoms with Gasteiger partial charge in [-0.15, -0.1) is 0 Å². The van der Waals surface area contributed by atoms with Crippen molar-refractivity contribution in [2.75, 3.05) is 18.4 Å². The zero-order valence-corrected chi connectivity index (χ0v) is 10.6. The minimum Gasteiger partial charge on any atom is -0.382 e. The number of hydrogen-bond donors (Lipinski definition) is 2. The van der Waals surface area contributed by atoms with Gasteiger partial charge in [0, 0.05) is 25.6 Å². The number of anilines is 1. The molecule has 2 N–H and O–H groups in total. The molecule has 0 aliphatic carbocycles. The molecule has 0 aliphatic rings. The van der Waals surface area contributed by atoms with Crippen LogP contribution in [0.3, 0.4) is 0 Å². The molecule has 0 heterocycles. The largest absolute Gasteiger partial charge is 0.382 e. The lowest BCUT2D eigenvalue weighted by molar-refractivity contribution is -0.385. The van der Waals surface area contributed by atoms with Gasteiger partial charge in [0.1, 0.15) is 0 Å². The number of benzene rings is 1. The Bertz CT molecular complexity index is 466. The molecule has 0 spiro atoms. The minimum atomic E-state index is -0.705. The fourth-order valence-electron chi connectivity index (χ4n) is 1.42. The maximum absolute atomic E-state index is 13.5. The highest BCUT2D eigenvalue weighted by Crippen LogP contribution is 2.20. The van der Waals surface area contributed by atoms with E-state index < -0.39 is 10.7 Å². The summed E-state index contributed by atoms with van der Waals surface area (Å²) in [5, 5.41) is 15.9. The van der Waals surface area contributed by atoms with E-state index in [2.05, 4.69) is 10.6 Å². The van der Waals surface area contributed by atoms with Crippen molar-refractivity contribution in [3.8, 4) is 0 Å². The van der Waals surface area contributed by atoms with Gasteiger partial charge >= 0.3 is 0 Å². The number of nitrogens with zero attached hydrogens (tertiary/aromatic N) is 1. The van der Waals surface area contributed by atoms with Crippen LogP contribution in [0.15, 0.2) is 18.2 Å². The summed E-state index contributed by atoms with van der Waals surface area (Å²) in [5.41, 5.74) is -0.155. The van der Waals surface area contributed by atoms with Crippen LogP contribution in [-0.4, -0.2) is 23.9 Å². The summed E-state index contributed by atoms with van der Waals surface area (Å²) in [7, 11) is 0. The standard InChI is InChI=1S/C12H16FN3O3/c1-2-6-15-12(17)5-7-14-11-4-3-9(16(18)19)8-10(11)13/h3-4,8,14H,2,5-7H2,1H3,(H,15,17). The minimum absolute atomic E-state index is 0.114. The van der Waals surface area contributed by atoms with Gasteiger partial charge in [-0.25, -0.2) is 4.39 Å². The van der Waals surface area contributed by atoms with Gasteiger partial charge in [-0.2, -0.15) is 0 Å². The molecule has 0 saturated heterocycles. The Hall–Kier alpha value is -2.18. The molecular formula is C12H16FN3O3. The highest BCUT2D eigenvalue weighted by atomic mass is 19.1. The third kappa shape index (κ3) is 4.90. The van der Waals surface area contributed by atoms with Gasteiger partial charge in [-0.05, 0) is 12.5 Å². The molecular weight excluding hydrogens is 253 g/mol. The van der Waals surface area contributed by atoms with Crippen molar-refractivity contribution in [2.45, 2.75) is 19.8 Å². The highest BCUT2D eigenvalue weighted by Gasteiger charge is 2.10. The van der Waals surface area contributed by atoms with Crippen LogP contribution in [0.1, 0.15) is 19.8 Å². The maximum Gasteiger partial charge on any atom is 0.272 e. The van der Waals surface area contributed by atoms with Crippen LogP contribution in [-0.2, 0) is 4.79 Å². The molecule has 0 aliphatic heterocycles. The lowest BCUT2D eigenvalue weighted by atomic mass is 10.2. The number of non-ortho nitro benzene ring substituents is 1. The van der Waals surface area contributed by atoms with Gasteiger partial charge < -0.3 is 10.6 Å². The molecule has 0 fully saturated rings. The number of nitro benzene ring substituents is 1. The summed E-state index contributed by atoms with van der Waals surface area (Å²) in [6.45, 7) is 2.83. The molecule has 0 saturated carbocycles. The third-order valence-electron chi connectivity index (χ3n) is 2.40. The van der Waals surface area contributed by atoms with Crippen LogP contribution < -0.4 is 10.6 Å². The quantitative estimate of drug-likeness (QED) is 0.586. The predicted molar refractivity (Wildman–Crippen MR) is 69.5 cm³/mol. The van der Waals surface area contributed by atoms with E-state index in [0.29, 0.717) is 6.54 Å². The number of nitro groups is 1. The fraction of sp³-hybridized carbons (Fsp3) is 0.417. The highest BCUT2D eigenvalue weighted by molar-refractivity contribution is 5.76. The monoisotopic (exact) mass is 269 g/mol. The van der Waals surface area contributed by atoms with E-state index in [-0.39, 0.29) is 30.2 Å². The number of carbonyl (C=O) groups is 1. The summed E-state index contributed by atoms with van der Waals surface area (Å²) in [6.07, 6.45) is 1.08. The van der Waals surface area contributed by atoms with Crippen molar-refractivity contribution in [1.82, 2.24) is 5.32 Å². The lowest BCUT2D eigenvalue weighted by Gasteiger charge is -2.07. The van der Waals surface area contributed by atoms with Gasteiger partial charge in [0.25, 0.3) is 5.69 Å². The van der Waals surface area contributed by atoms with Crippen molar-refractivity contribution >= 4 is 17.3 Å². The summed E-state index contributed by atoms with van der Waals surface area (Å²) >= 11 is 0. The summed E-state index contributed by atoms with van der Waals surface area (Å²) in [5.74, 6) is -0.820. The van der Waals surface area contributed by atoms with E-state index >= 15 is 0 Å². The van der Waals surface area contributed by atoms with Crippen LogP contribution in [0.25, 0.3) is 0 Å². The SMILES string of the molecule is CCCNC(=O)CCNc1ccc([N+](=O)[O-])cc1F. The van der Waals surface area contributed by atoms with Gasteiger partial charge in [0.05, 0.1) is 16.7 Å². The molecule has 1 amide bonds. The van der Waals surface area contributed by atoms with Crippen LogP contribution in [0, 0.1) is 15.9 Å². The molecule has 19 heavy (non-hydrogen) atoms. The zero-order valence-electron chi connectivity index (χ0n) is 10.6. The molecule has 1 rings (SSSR count). The maximum atomic E-state index is 13.5. The second-order valence-corrected chi connectivity index (χ2v) is 3.95. The molecule has 0 aromatic heterocycles. The lowest BCUT2D eigenvalue weighted by Crippen LogP contribution is -2.25.